The van der Waals surface area contributed by atoms with Crippen LogP contribution in [-0.2, 0) is 5.11 Å². The van der Waals surface area contributed by atoms with Crippen LogP contribution in [0.1, 0.15) is 25.0 Å². The predicted molar refractivity (Wildman–Crippen MR) is 89.5 cm³/mol. The average Bonchev–Trinajstić information content (AvgIpc) is 2.53. The van der Waals surface area contributed by atoms with Gasteiger partial charge in [-0.2, -0.15) is 0 Å². The summed E-state index contributed by atoms with van der Waals surface area (Å²) in [5.41, 5.74) is 0.910. The highest BCUT2D eigenvalue weighted by molar-refractivity contribution is 5.58. The Morgan fingerprint density at radius 1 is 0.958 bits per heavy atom. The molecule has 0 amide bonds. The quantitative estimate of drug-likeness (QED) is 0.869. The van der Waals surface area contributed by atoms with Gasteiger partial charge in [0.2, 0.25) is 5.75 Å². The minimum atomic E-state index is -0.244. The Hall–Kier alpha value is -3.00. The number of phenols is 1. The molecule has 0 fully saturated rings. The third-order valence-electron chi connectivity index (χ3n) is 3.15. The van der Waals surface area contributed by atoms with E-state index in [1.807, 2.05) is 13.8 Å². The monoisotopic (exact) mass is 327 g/mol. The van der Waals surface area contributed by atoms with Crippen molar-refractivity contribution >= 4 is 0 Å². The molecule has 5 nitrogen and oxygen atoms in total. The zero-order chi connectivity index (χ0) is 17.7. The number of hydrogen-bond donors (Lipinski definition) is 1. The summed E-state index contributed by atoms with van der Waals surface area (Å²) in [6.45, 7) is 3.77. The van der Waals surface area contributed by atoms with E-state index in [-0.39, 0.29) is 23.4 Å². The topological polar surface area (TPSA) is 67.8 Å². The summed E-state index contributed by atoms with van der Waals surface area (Å²) < 4.78 is 15.8. The number of ether oxygens (including phenoxy) is 3. The van der Waals surface area contributed by atoms with Crippen molar-refractivity contribution in [2.45, 2.75) is 20.0 Å². The van der Waals surface area contributed by atoms with Crippen LogP contribution in [0.3, 0.4) is 0 Å². The molecule has 0 aliphatic carbocycles. The highest BCUT2D eigenvalue weighted by Crippen LogP contribution is 2.34. The highest BCUT2D eigenvalue weighted by Gasteiger charge is 2.11. The van der Waals surface area contributed by atoms with E-state index in [4.69, 9.17) is 14.2 Å². The van der Waals surface area contributed by atoms with Crippen LogP contribution in [0.4, 0.5) is 0 Å². The third kappa shape index (κ3) is 4.05. The Morgan fingerprint density at radius 2 is 1.67 bits per heavy atom. The van der Waals surface area contributed by atoms with Crippen molar-refractivity contribution in [1.82, 2.24) is 0 Å². The van der Waals surface area contributed by atoms with Crippen molar-refractivity contribution in [3.63, 3.8) is 0 Å². The van der Waals surface area contributed by atoms with Gasteiger partial charge in [0, 0.05) is 23.8 Å². The molecular weight excluding hydrogens is 308 g/mol. The Balaban J connectivity index is 2.35. The van der Waals surface area contributed by atoms with E-state index >= 15 is 0 Å². The molecule has 0 bridgehead atoms. The summed E-state index contributed by atoms with van der Waals surface area (Å²) in [6, 6.07) is 7.69. The van der Waals surface area contributed by atoms with Gasteiger partial charge in [-0.1, -0.05) is 11.8 Å². The van der Waals surface area contributed by atoms with E-state index in [2.05, 4.69) is 11.8 Å². The van der Waals surface area contributed by atoms with Crippen LogP contribution in [0.15, 0.2) is 30.3 Å². The fourth-order valence-electron chi connectivity index (χ4n) is 2.05. The lowest BCUT2D eigenvalue weighted by molar-refractivity contribution is 0.229. The maximum absolute atomic E-state index is 11.7. The minimum absolute atomic E-state index is 0.0187. The second-order valence-corrected chi connectivity index (χ2v) is 5.30. The van der Waals surface area contributed by atoms with Crippen LogP contribution in [0.25, 0.3) is 0 Å². The number of phenolic OH excluding ortho intramolecular Hbond substituents is 1. The molecule has 0 unspecified atom stereocenters. The fraction of sp³-hybridized carbons (Fsp3) is 0.263. The van der Waals surface area contributed by atoms with E-state index in [0.717, 1.165) is 0 Å². The average molecular weight is 327 g/mol. The summed E-state index contributed by atoms with van der Waals surface area (Å²) in [5.74, 6) is 6.60. The van der Waals surface area contributed by atoms with Gasteiger partial charge >= 0.3 is 0 Å². The second kappa shape index (κ2) is 7.51. The standard InChI is InChI=1S/C19H19O5/c1-12(2)24-19-11-15(20)14(10-18(19)23-4)7-5-13-6-8-17(22-3)16(21)9-13/h6,8-12,20H,1-4H3. The van der Waals surface area contributed by atoms with Crippen LogP contribution in [0.5, 0.6) is 28.7 Å². The molecule has 1 radical (unpaired) electrons. The molecule has 0 spiro atoms. The lowest BCUT2D eigenvalue weighted by Gasteiger charge is -2.14. The third-order valence-corrected chi connectivity index (χ3v) is 3.15. The zero-order valence-corrected chi connectivity index (χ0v) is 14.0. The molecule has 1 N–H and O–H groups in total. The molecule has 125 valence electrons. The van der Waals surface area contributed by atoms with Gasteiger partial charge in [-0.05, 0) is 26.0 Å². The number of rotatable bonds is 4. The Labute approximate surface area is 141 Å². The molecule has 2 aromatic carbocycles. The number of aromatic hydroxyl groups is 1. The first kappa shape index (κ1) is 17.4. The lowest BCUT2D eigenvalue weighted by Crippen LogP contribution is -2.06. The molecule has 0 saturated heterocycles. The van der Waals surface area contributed by atoms with Gasteiger partial charge in [0.25, 0.3) is 0 Å². The SMILES string of the molecule is COc1ccc(C#Cc2cc(OC)c(OC(C)C)cc2O)cc1[O]. The number of hydrogen-bond acceptors (Lipinski definition) is 4. The molecule has 0 heterocycles. The lowest BCUT2D eigenvalue weighted by atomic mass is 10.1. The number of methoxy groups -OCH3 is 2. The summed E-state index contributed by atoms with van der Waals surface area (Å²) in [4.78, 5) is 0. The molecule has 0 aromatic heterocycles. The Bertz CT molecular complexity index is 784. The van der Waals surface area contributed by atoms with Gasteiger partial charge in [0.1, 0.15) is 5.75 Å². The molecule has 0 atom stereocenters. The molecule has 2 rings (SSSR count). The van der Waals surface area contributed by atoms with Crippen molar-refractivity contribution in [2.75, 3.05) is 14.2 Å². The number of benzene rings is 2. The summed E-state index contributed by atoms with van der Waals surface area (Å²) in [7, 11) is 2.96. The molecule has 2 aromatic rings. The van der Waals surface area contributed by atoms with Crippen LogP contribution in [-0.4, -0.2) is 25.4 Å². The summed E-state index contributed by atoms with van der Waals surface area (Å²) in [5, 5.41) is 21.8. The van der Waals surface area contributed by atoms with Crippen LogP contribution in [0.2, 0.25) is 0 Å². The van der Waals surface area contributed by atoms with Gasteiger partial charge in [-0.15, -0.1) is 0 Å². The van der Waals surface area contributed by atoms with Crippen LogP contribution in [0, 0.1) is 11.8 Å². The van der Waals surface area contributed by atoms with Gasteiger partial charge in [-0.3, -0.25) is 5.11 Å². The summed E-state index contributed by atoms with van der Waals surface area (Å²) in [6.07, 6.45) is -0.0509. The maximum atomic E-state index is 11.7. The predicted octanol–water partition coefficient (Wildman–Crippen LogP) is 3.74. The summed E-state index contributed by atoms with van der Waals surface area (Å²) >= 11 is 0. The van der Waals surface area contributed by atoms with E-state index < -0.39 is 0 Å². The van der Waals surface area contributed by atoms with Crippen molar-refractivity contribution in [2.24, 2.45) is 0 Å². The van der Waals surface area contributed by atoms with Crippen molar-refractivity contribution < 1.29 is 24.4 Å². The molecule has 24 heavy (non-hydrogen) atoms. The molecule has 5 heteroatoms. The first-order valence-corrected chi connectivity index (χ1v) is 7.39. The molecule has 0 aliphatic heterocycles. The Morgan fingerprint density at radius 3 is 2.25 bits per heavy atom. The maximum Gasteiger partial charge on any atom is 0.221 e. The van der Waals surface area contributed by atoms with E-state index in [9.17, 15) is 10.2 Å². The van der Waals surface area contributed by atoms with Crippen LogP contribution < -0.4 is 14.2 Å². The van der Waals surface area contributed by atoms with Crippen molar-refractivity contribution in [3.05, 3.63) is 41.5 Å². The van der Waals surface area contributed by atoms with E-state index in [1.54, 1.807) is 18.2 Å². The fourth-order valence-corrected chi connectivity index (χ4v) is 2.05. The van der Waals surface area contributed by atoms with Gasteiger partial charge in [-0.25, -0.2) is 0 Å². The zero-order valence-electron chi connectivity index (χ0n) is 14.0. The first-order chi connectivity index (χ1) is 11.4. The smallest absolute Gasteiger partial charge is 0.221 e. The highest BCUT2D eigenvalue weighted by atomic mass is 16.5. The van der Waals surface area contributed by atoms with Gasteiger partial charge in [0.05, 0.1) is 25.9 Å². The molecule has 0 aliphatic rings. The largest absolute Gasteiger partial charge is 0.506 e. The Kier molecular flexibility index (Phi) is 5.43. The van der Waals surface area contributed by atoms with Crippen molar-refractivity contribution in [3.8, 4) is 40.6 Å². The second-order valence-electron chi connectivity index (χ2n) is 5.30. The van der Waals surface area contributed by atoms with Gasteiger partial charge < -0.3 is 19.3 Å². The normalized spacial score (nSPS) is 10.0. The molecule has 0 saturated carbocycles. The minimum Gasteiger partial charge on any atom is -0.506 e. The van der Waals surface area contributed by atoms with Gasteiger partial charge in [0.15, 0.2) is 17.2 Å². The molecular formula is C19H19O5. The van der Waals surface area contributed by atoms with E-state index in [0.29, 0.717) is 22.6 Å². The van der Waals surface area contributed by atoms with Crippen LogP contribution >= 0.6 is 0 Å². The van der Waals surface area contributed by atoms with Crippen molar-refractivity contribution in [1.29, 1.82) is 0 Å². The van der Waals surface area contributed by atoms with E-state index in [1.165, 1.54) is 26.4 Å². The first-order valence-electron chi connectivity index (χ1n) is 7.39.